The number of aliphatic hydroxyl groups excluding tert-OH is 9. The minimum atomic E-state index is -3.32. The number of hydrogen-bond donors (Lipinski definition) is 12. The molecule has 3 saturated heterocycles. The van der Waals surface area contributed by atoms with Gasteiger partial charge in [-0.3, -0.25) is 19.2 Å². The summed E-state index contributed by atoms with van der Waals surface area (Å²) >= 11 is 0. The van der Waals surface area contributed by atoms with E-state index in [1.807, 2.05) is 30.3 Å². The first kappa shape index (κ1) is 49.1. The Kier molecular flexibility index (Phi) is 14.5. The Morgan fingerprint density at radius 2 is 1.29 bits per heavy atom. The summed E-state index contributed by atoms with van der Waals surface area (Å²) in [5, 5.41) is 95.9. The van der Waals surface area contributed by atoms with Crippen molar-refractivity contribution in [3.63, 3.8) is 0 Å². The number of carbonyl (C=O) groups excluding carboxylic acids is 4. The van der Waals surface area contributed by atoms with Gasteiger partial charge in [-0.05, 0) is 54.6 Å². The second kappa shape index (κ2) is 19.5. The van der Waals surface area contributed by atoms with E-state index in [1.165, 1.54) is 34.1 Å². The monoisotopic (exact) mass is 940 g/mol. The van der Waals surface area contributed by atoms with Crippen molar-refractivity contribution < 1.29 is 84.1 Å². The lowest BCUT2D eigenvalue weighted by Crippen LogP contribution is -2.60. The molecule has 0 aromatic heterocycles. The van der Waals surface area contributed by atoms with E-state index in [1.54, 1.807) is 38.2 Å². The minimum Gasteiger partial charge on any atom is -0.432 e. The molecule has 0 bridgehead atoms. The van der Waals surface area contributed by atoms with Gasteiger partial charge in [-0.2, -0.15) is 0 Å². The summed E-state index contributed by atoms with van der Waals surface area (Å²) in [5.74, 6) is -3.66. The van der Waals surface area contributed by atoms with Crippen LogP contribution in [0.1, 0.15) is 30.0 Å². The fourth-order valence-electron chi connectivity index (χ4n) is 9.49. The van der Waals surface area contributed by atoms with E-state index in [0.29, 0.717) is 11.3 Å². The Labute approximate surface area is 379 Å². The zero-order chi connectivity index (χ0) is 48.0. The van der Waals surface area contributed by atoms with Gasteiger partial charge in [0.25, 0.3) is 17.7 Å². The van der Waals surface area contributed by atoms with Gasteiger partial charge in [0.2, 0.25) is 5.91 Å². The highest BCUT2D eigenvalue weighted by Crippen LogP contribution is 2.60. The number of amides is 4. The van der Waals surface area contributed by atoms with Crippen molar-refractivity contribution in [3.05, 3.63) is 89.5 Å². The summed E-state index contributed by atoms with van der Waals surface area (Å²) in [5.41, 5.74) is -0.335. The molecule has 4 heterocycles. The van der Waals surface area contributed by atoms with Crippen LogP contribution in [-0.4, -0.2) is 168 Å². The molecule has 358 valence electrons. The standard InChI is InChI=1S/C44H56N4O17Si/c1-21-38(66(2,3)62)28(18-29(50)47(15-16-49)19-22-7-5-4-6-8-22)65-44(21)26-17-25(46-40(58)37-33(54)31(52)35(56)42(60)64-37)13-14-27(26)48(43(44)61)20-23-9-11-24(12-10-23)45-39(57)36-32(53)30(51)34(55)41(59)63-36/h4-14,17,21,28,30-38,41-42,49,51-56,59-60,62H,15-16,18-20H2,1-3H3,(H,45,57)(H,46,58)/t21-,28+,30-,31-,32-,33-,34+,35+,36-,37-,38-,41+,42+,44+/m0/s1. The van der Waals surface area contributed by atoms with Crippen molar-refractivity contribution in [1.29, 1.82) is 0 Å². The van der Waals surface area contributed by atoms with E-state index in [0.717, 1.165) is 5.56 Å². The second-order valence-electron chi connectivity index (χ2n) is 17.7. The maximum Gasteiger partial charge on any atom is 0.264 e. The van der Waals surface area contributed by atoms with Crippen LogP contribution in [0.25, 0.3) is 0 Å². The third-order valence-electron chi connectivity index (χ3n) is 12.8. The summed E-state index contributed by atoms with van der Waals surface area (Å²) in [6, 6.07) is 19.8. The first-order valence-corrected chi connectivity index (χ1v) is 24.5. The van der Waals surface area contributed by atoms with Crippen LogP contribution >= 0.6 is 0 Å². The van der Waals surface area contributed by atoms with Crippen molar-refractivity contribution in [2.24, 2.45) is 5.92 Å². The molecule has 0 radical (unpaired) electrons. The van der Waals surface area contributed by atoms with E-state index in [9.17, 15) is 65.1 Å². The largest absolute Gasteiger partial charge is 0.432 e. The predicted molar refractivity (Wildman–Crippen MR) is 232 cm³/mol. The van der Waals surface area contributed by atoms with E-state index < -0.39 is 117 Å². The molecular weight excluding hydrogens is 885 g/mol. The molecule has 0 aliphatic carbocycles. The quantitative estimate of drug-likeness (QED) is 0.0819. The van der Waals surface area contributed by atoms with Crippen LogP contribution < -0.4 is 15.5 Å². The number of ether oxygens (including phenoxy) is 3. The first-order chi connectivity index (χ1) is 31.2. The molecule has 3 aromatic carbocycles. The molecule has 12 N–H and O–H groups in total. The van der Waals surface area contributed by atoms with Crippen LogP contribution in [-0.2, 0) is 52.1 Å². The number of hydrogen-bond acceptors (Lipinski definition) is 17. The highest BCUT2D eigenvalue weighted by Gasteiger charge is 2.66. The van der Waals surface area contributed by atoms with Gasteiger partial charge in [0.05, 0.1) is 31.4 Å². The first-order valence-electron chi connectivity index (χ1n) is 21.4. The zero-order valence-electron chi connectivity index (χ0n) is 36.2. The van der Waals surface area contributed by atoms with Crippen LogP contribution in [0.5, 0.6) is 0 Å². The third kappa shape index (κ3) is 9.39. The van der Waals surface area contributed by atoms with E-state index in [4.69, 9.17) is 14.2 Å². The molecule has 4 aliphatic heterocycles. The Morgan fingerprint density at radius 3 is 1.83 bits per heavy atom. The Balaban J connectivity index is 1.20. The molecule has 1 spiro atoms. The highest BCUT2D eigenvalue weighted by molar-refractivity contribution is 6.71. The zero-order valence-corrected chi connectivity index (χ0v) is 37.2. The van der Waals surface area contributed by atoms with Gasteiger partial charge in [0.1, 0.15) is 36.6 Å². The average molecular weight is 941 g/mol. The van der Waals surface area contributed by atoms with Crippen molar-refractivity contribution in [1.82, 2.24) is 4.90 Å². The number of carbonyl (C=O) groups is 4. The Bertz CT molecular complexity index is 2250. The molecule has 21 nitrogen and oxygen atoms in total. The summed E-state index contributed by atoms with van der Waals surface area (Å²) in [6.07, 6.45) is -20.0. The van der Waals surface area contributed by atoms with Crippen LogP contribution in [0.2, 0.25) is 18.6 Å². The molecule has 3 fully saturated rings. The smallest absolute Gasteiger partial charge is 0.264 e. The van der Waals surface area contributed by atoms with Crippen molar-refractivity contribution in [2.75, 3.05) is 28.7 Å². The van der Waals surface area contributed by atoms with Crippen molar-refractivity contribution in [3.8, 4) is 0 Å². The van der Waals surface area contributed by atoms with E-state index >= 15 is 4.79 Å². The fraction of sp³-hybridized carbons (Fsp3) is 0.500. The molecule has 14 atom stereocenters. The molecule has 4 amide bonds. The van der Waals surface area contributed by atoms with Crippen LogP contribution in [0.4, 0.5) is 17.1 Å². The van der Waals surface area contributed by atoms with E-state index in [-0.39, 0.29) is 49.6 Å². The number of aliphatic hydroxyl groups is 9. The fourth-order valence-corrected chi connectivity index (χ4v) is 12.0. The molecule has 0 saturated carbocycles. The normalized spacial score (nSPS) is 33.1. The lowest BCUT2D eigenvalue weighted by Gasteiger charge is -2.37. The maximum atomic E-state index is 15.2. The molecule has 7 rings (SSSR count). The number of rotatable bonds is 13. The molecule has 22 heteroatoms. The summed E-state index contributed by atoms with van der Waals surface area (Å²) in [6.45, 7) is 4.89. The number of anilines is 3. The predicted octanol–water partition coefficient (Wildman–Crippen LogP) is -2.08. The Morgan fingerprint density at radius 1 is 0.742 bits per heavy atom. The van der Waals surface area contributed by atoms with Gasteiger partial charge < -0.3 is 85.4 Å². The number of fused-ring (bicyclic) bond motifs is 2. The summed E-state index contributed by atoms with van der Waals surface area (Å²) in [4.78, 5) is 70.6. The third-order valence-corrected chi connectivity index (χ3v) is 15.3. The van der Waals surface area contributed by atoms with Crippen molar-refractivity contribution >= 4 is 49.0 Å². The van der Waals surface area contributed by atoms with Crippen LogP contribution in [0.15, 0.2) is 72.8 Å². The van der Waals surface area contributed by atoms with Gasteiger partial charge in [0.15, 0.2) is 38.7 Å². The Hall–Kier alpha value is -4.76. The average Bonchev–Trinajstić information content (AvgIpc) is 3.70. The van der Waals surface area contributed by atoms with E-state index in [2.05, 4.69) is 10.6 Å². The van der Waals surface area contributed by atoms with Gasteiger partial charge >= 0.3 is 0 Å². The van der Waals surface area contributed by atoms with Gasteiger partial charge in [-0.25, -0.2) is 0 Å². The van der Waals surface area contributed by atoms with Gasteiger partial charge in [0, 0.05) is 41.5 Å². The lowest BCUT2D eigenvalue weighted by atomic mass is 9.82. The molecule has 4 aliphatic rings. The van der Waals surface area contributed by atoms with Gasteiger partial charge in [-0.15, -0.1) is 0 Å². The SMILES string of the molecule is C[C@H]1[C@H]([Si](C)(C)O)[C@@H](CC(=O)N(CCO)Cc2ccccc2)O[C@]12C(=O)N(Cc1ccc(NC(=O)[C@H]3O[C@@H](O)[C@H](O)[C@@H](O)[C@@H]3O)cc1)c1ccc(NC(=O)[C@H]3O[C@@H](O)[C@H](O)[C@@H](O)[C@@H]3O)cc12. The highest BCUT2D eigenvalue weighted by atomic mass is 28.4. The summed E-state index contributed by atoms with van der Waals surface area (Å²) < 4.78 is 17.0. The number of benzene rings is 3. The van der Waals surface area contributed by atoms with Crippen LogP contribution in [0.3, 0.4) is 0 Å². The van der Waals surface area contributed by atoms with Gasteiger partial charge in [-0.1, -0.05) is 49.4 Å². The lowest BCUT2D eigenvalue weighted by molar-refractivity contribution is -0.274. The molecule has 3 aromatic rings. The van der Waals surface area contributed by atoms with Crippen LogP contribution in [0, 0.1) is 5.92 Å². The maximum absolute atomic E-state index is 15.2. The molecule has 66 heavy (non-hydrogen) atoms. The number of nitrogens with zero attached hydrogens (tertiary/aromatic N) is 2. The second-order valence-corrected chi connectivity index (χ2v) is 21.7. The molecule has 0 unspecified atom stereocenters. The van der Waals surface area contributed by atoms with Crippen molar-refractivity contribution in [2.45, 2.75) is 118 Å². The molecular formula is C44H56N4O17Si. The minimum absolute atomic E-state index is 0.00590. The topological polar surface area (TPSA) is 329 Å². The summed E-state index contributed by atoms with van der Waals surface area (Å²) in [7, 11) is -3.32. The number of nitrogens with one attached hydrogen (secondary N) is 2.